The van der Waals surface area contributed by atoms with Gasteiger partial charge in [-0.2, -0.15) is 0 Å². The van der Waals surface area contributed by atoms with Crippen molar-refractivity contribution >= 4 is 39.9 Å². The van der Waals surface area contributed by atoms with Crippen molar-refractivity contribution in [2.75, 3.05) is 27.2 Å². The highest BCUT2D eigenvalue weighted by atomic mass is 35.5. The molecule has 8 nitrogen and oxygen atoms in total. The lowest BCUT2D eigenvalue weighted by Gasteiger charge is -2.28. The molecular formula is C21H22ClFN6O2. The fraction of sp³-hybridized carbons (Fsp3) is 0.333. The molecule has 0 radical (unpaired) electrons. The summed E-state index contributed by atoms with van der Waals surface area (Å²) in [5, 5.41) is 8.38. The van der Waals surface area contributed by atoms with Gasteiger partial charge in [0.05, 0.1) is 23.3 Å². The van der Waals surface area contributed by atoms with E-state index >= 15 is 4.39 Å². The maximum absolute atomic E-state index is 15.4. The Balaban J connectivity index is 1.57. The number of fused-ring (bicyclic) bond motifs is 1. The molecule has 0 saturated heterocycles. The lowest BCUT2D eigenvalue weighted by molar-refractivity contribution is -0.131. The van der Waals surface area contributed by atoms with Gasteiger partial charge >= 0.3 is 0 Å². The third kappa shape index (κ3) is 4.18. The number of aryl methyl sites for hydroxylation is 1. The second-order valence-electron chi connectivity index (χ2n) is 7.64. The lowest BCUT2D eigenvalue weighted by atomic mass is 9.99. The summed E-state index contributed by atoms with van der Waals surface area (Å²) in [6.07, 6.45) is 6.09. The van der Waals surface area contributed by atoms with Crippen LogP contribution in [0.15, 0.2) is 30.6 Å². The van der Waals surface area contributed by atoms with Crippen LogP contribution in [-0.4, -0.2) is 68.8 Å². The average Bonchev–Trinajstić information content (AvgIpc) is 3.44. The van der Waals surface area contributed by atoms with Crippen molar-refractivity contribution in [3.05, 3.63) is 52.7 Å². The molecule has 1 aromatic carbocycles. The zero-order valence-electron chi connectivity index (χ0n) is 17.2. The van der Waals surface area contributed by atoms with Gasteiger partial charge in [0.15, 0.2) is 5.82 Å². The quantitative estimate of drug-likeness (QED) is 0.655. The second kappa shape index (κ2) is 8.50. The first-order valence-electron chi connectivity index (χ1n) is 9.88. The molecule has 2 aromatic heterocycles. The van der Waals surface area contributed by atoms with Gasteiger partial charge in [-0.05, 0) is 24.1 Å². The van der Waals surface area contributed by atoms with Gasteiger partial charge < -0.3 is 14.8 Å². The van der Waals surface area contributed by atoms with E-state index in [4.69, 9.17) is 11.6 Å². The number of carbonyl (C=O) groups is 2. The number of amides is 2. The van der Waals surface area contributed by atoms with Crippen LogP contribution in [0.4, 0.5) is 4.39 Å². The van der Waals surface area contributed by atoms with Crippen LogP contribution < -0.4 is 0 Å². The van der Waals surface area contributed by atoms with Gasteiger partial charge in [0.2, 0.25) is 5.91 Å². The van der Waals surface area contributed by atoms with E-state index in [0.29, 0.717) is 47.6 Å². The number of halogens is 2. The minimum Gasteiger partial charge on any atom is -0.348 e. The topological polar surface area (TPSA) is 87.1 Å². The monoisotopic (exact) mass is 444 g/mol. The van der Waals surface area contributed by atoms with Gasteiger partial charge in [-0.15, -0.1) is 5.10 Å². The van der Waals surface area contributed by atoms with E-state index in [1.165, 1.54) is 4.90 Å². The Labute approximate surface area is 183 Å². The molecule has 3 aromatic rings. The fourth-order valence-electron chi connectivity index (χ4n) is 3.68. The third-order valence-electron chi connectivity index (χ3n) is 5.31. The van der Waals surface area contributed by atoms with E-state index in [0.717, 1.165) is 0 Å². The van der Waals surface area contributed by atoms with Crippen molar-refractivity contribution < 1.29 is 14.0 Å². The van der Waals surface area contributed by atoms with Crippen molar-refractivity contribution in [1.29, 1.82) is 0 Å². The number of H-pyrrole nitrogens is 1. The average molecular weight is 445 g/mol. The standard InChI is InChI=1S/C21H22ClFN6O2/c1-27(2)21(31)17-11-15-16(22)10-14(19(23)20(15)25-17)13-4-3-7-28(12-13)18(30)5-8-29-9-6-24-26-29/h4,6,9-11,25H,3,5,7-8,12H2,1-2H3. The number of nitrogens with zero attached hydrogens (tertiary/aromatic N) is 5. The fourth-order valence-corrected chi connectivity index (χ4v) is 3.94. The SMILES string of the molecule is CN(C)C(=O)c1cc2c(Cl)cc(C3=CCCN(C(=O)CCn4ccnn4)C3)c(F)c2[nH]1. The number of aromatic nitrogens is 4. The number of nitrogens with one attached hydrogen (secondary N) is 1. The third-order valence-corrected chi connectivity index (χ3v) is 5.63. The van der Waals surface area contributed by atoms with Gasteiger partial charge in [-0.3, -0.25) is 14.3 Å². The molecule has 0 saturated carbocycles. The maximum atomic E-state index is 15.4. The molecule has 0 spiro atoms. The summed E-state index contributed by atoms with van der Waals surface area (Å²) in [6, 6.07) is 3.12. The summed E-state index contributed by atoms with van der Waals surface area (Å²) in [7, 11) is 3.25. The molecule has 0 bridgehead atoms. The van der Waals surface area contributed by atoms with Crippen molar-refractivity contribution in [2.24, 2.45) is 0 Å². The van der Waals surface area contributed by atoms with Gasteiger partial charge in [-0.25, -0.2) is 4.39 Å². The first kappa shape index (κ1) is 21.0. The Kier molecular flexibility index (Phi) is 5.77. The second-order valence-corrected chi connectivity index (χ2v) is 8.05. The van der Waals surface area contributed by atoms with Crippen LogP contribution in [0.3, 0.4) is 0 Å². The summed E-state index contributed by atoms with van der Waals surface area (Å²) >= 11 is 6.42. The molecule has 1 N–H and O–H groups in total. The van der Waals surface area contributed by atoms with E-state index in [1.807, 2.05) is 6.08 Å². The number of benzene rings is 1. The molecule has 0 atom stereocenters. The van der Waals surface area contributed by atoms with Crippen molar-refractivity contribution in [3.63, 3.8) is 0 Å². The normalized spacial score (nSPS) is 14.1. The summed E-state index contributed by atoms with van der Waals surface area (Å²) < 4.78 is 17.0. The van der Waals surface area contributed by atoms with Gasteiger partial charge in [0, 0.05) is 50.8 Å². The summed E-state index contributed by atoms with van der Waals surface area (Å²) in [6.45, 7) is 1.30. The molecule has 10 heteroatoms. The van der Waals surface area contributed by atoms with E-state index in [2.05, 4.69) is 15.3 Å². The number of hydrogen-bond acceptors (Lipinski definition) is 4. The zero-order chi connectivity index (χ0) is 22.1. The Bertz CT molecular complexity index is 1170. The molecule has 31 heavy (non-hydrogen) atoms. The minimum absolute atomic E-state index is 0.0348. The van der Waals surface area contributed by atoms with Crippen molar-refractivity contribution in [3.8, 4) is 0 Å². The molecule has 1 aliphatic rings. The van der Waals surface area contributed by atoms with Crippen LogP contribution in [0.2, 0.25) is 5.02 Å². The molecule has 3 heterocycles. The van der Waals surface area contributed by atoms with E-state index in [1.54, 1.807) is 48.2 Å². The van der Waals surface area contributed by atoms with Crippen molar-refractivity contribution in [2.45, 2.75) is 19.4 Å². The molecule has 162 valence electrons. The Hall–Kier alpha value is -3.20. The largest absolute Gasteiger partial charge is 0.348 e. The zero-order valence-corrected chi connectivity index (χ0v) is 18.0. The summed E-state index contributed by atoms with van der Waals surface area (Å²) in [5.74, 6) is -0.790. The predicted octanol–water partition coefficient (Wildman–Crippen LogP) is 2.96. The van der Waals surface area contributed by atoms with Crippen LogP contribution >= 0.6 is 11.6 Å². The first-order valence-corrected chi connectivity index (χ1v) is 10.3. The molecule has 0 fully saturated rings. The van der Waals surface area contributed by atoms with Crippen molar-refractivity contribution in [1.82, 2.24) is 29.8 Å². The first-order chi connectivity index (χ1) is 14.8. The highest BCUT2D eigenvalue weighted by molar-refractivity contribution is 6.36. The predicted molar refractivity (Wildman–Crippen MR) is 115 cm³/mol. The van der Waals surface area contributed by atoms with E-state index in [-0.39, 0.29) is 29.4 Å². The molecule has 0 unspecified atom stereocenters. The van der Waals surface area contributed by atoms with Gasteiger partial charge in [0.25, 0.3) is 5.91 Å². The van der Waals surface area contributed by atoms with Crippen LogP contribution in [0.5, 0.6) is 0 Å². The van der Waals surface area contributed by atoms with Crippen LogP contribution in [0.1, 0.15) is 28.9 Å². The molecule has 1 aliphatic heterocycles. The van der Waals surface area contributed by atoms with Crippen LogP contribution in [0.25, 0.3) is 16.5 Å². The number of carbonyl (C=O) groups excluding carboxylic acids is 2. The van der Waals surface area contributed by atoms with Crippen LogP contribution in [0, 0.1) is 5.82 Å². The van der Waals surface area contributed by atoms with E-state index in [9.17, 15) is 9.59 Å². The maximum Gasteiger partial charge on any atom is 0.269 e. The number of hydrogen-bond donors (Lipinski definition) is 1. The Morgan fingerprint density at radius 1 is 1.32 bits per heavy atom. The molecule has 2 amide bonds. The van der Waals surface area contributed by atoms with Crippen LogP contribution in [-0.2, 0) is 11.3 Å². The molecular weight excluding hydrogens is 423 g/mol. The molecule has 0 aliphatic carbocycles. The highest BCUT2D eigenvalue weighted by Crippen LogP contribution is 2.34. The Morgan fingerprint density at radius 3 is 2.84 bits per heavy atom. The Morgan fingerprint density at radius 2 is 2.13 bits per heavy atom. The smallest absolute Gasteiger partial charge is 0.269 e. The number of rotatable bonds is 5. The summed E-state index contributed by atoms with van der Waals surface area (Å²) in [5.41, 5.74) is 1.47. The van der Waals surface area contributed by atoms with Gasteiger partial charge in [-0.1, -0.05) is 22.9 Å². The van der Waals surface area contributed by atoms with Gasteiger partial charge in [0.1, 0.15) is 5.69 Å². The lowest BCUT2D eigenvalue weighted by Crippen LogP contribution is -2.36. The number of aromatic amines is 1. The minimum atomic E-state index is -0.486. The summed E-state index contributed by atoms with van der Waals surface area (Å²) in [4.78, 5) is 30.9. The highest BCUT2D eigenvalue weighted by Gasteiger charge is 2.24. The molecule has 4 rings (SSSR count). The van der Waals surface area contributed by atoms with E-state index < -0.39 is 5.82 Å².